The highest BCUT2D eigenvalue weighted by atomic mass is 16.2. The van der Waals surface area contributed by atoms with E-state index in [1.807, 2.05) is 13.8 Å². The van der Waals surface area contributed by atoms with Crippen LogP contribution in [0.15, 0.2) is 0 Å². The van der Waals surface area contributed by atoms with E-state index in [0.29, 0.717) is 13.0 Å². The lowest BCUT2D eigenvalue weighted by Crippen LogP contribution is -2.49. The molecule has 0 saturated heterocycles. The summed E-state index contributed by atoms with van der Waals surface area (Å²) in [5.41, 5.74) is -0.749. The van der Waals surface area contributed by atoms with Gasteiger partial charge in [-0.3, -0.25) is 0 Å². The number of carbonyl (C=O) groups excluding carboxylic acids is 1. The summed E-state index contributed by atoms with van der Waals surface area (Å²) in [6, 6.07) is 1.88. The summed E-state index contributed by atoms with van der Waals surface area (Å²) in [5.74, 6) is 0. The Bertz CT molecular complexity index is 221. The minimum Gasteiger partial charge on any atom is -0.328 e. The molecule has 0 rings (SSSR count). The zero-order valence-corrected chi connectivity index (χ0v) is 8.72. The van der Waals surface area contributed by atoms with Crippen molar-refractivity contribution in [1.29, 1.82) is 5.26 Å². The van der Waals surface area contributed by atoms with Crippen LogP contribution in [-0.4, -0.2) is 30.1 Å². The highest BCUT2D eigenvalue weighted by Gasteiger charge is 2.24. The number of carbonyl (C=O) groups is 1. The summed E-state index contributed by atoms with van der Waals surface area (Å²) in [5, 5.41) is 11.5. The number of nitriles is 1. The van der Waals surface area contributed by atoms with Crippen LogP contribution in [0, 0.1) is 11.3 Å². The van der Waals surface area contributed by atoms with Gasteiger partial charge in [0, 0.05) is 13.6 Å². The highest BCUT2D eigenvalue weighted by molar-refractivity contribution is 5.75. The lowest BCUT2D eigenvalue weighted by atomic mass is 10.0. The maximum Gasteiger partial charge on any atom is 0.318 e. The van der Waals surface area contributed by atoms with Gasteiger partial charge in [-0.15, -0.1) is 0 Å². The number of urea groups is 1. The van der Waals surface area contributed by atoms with Crippen LogP contribution in [0.3, 0.4) is 0 Å². The summed E-state index contributed by atoms with van der Waals surface area (Å²) in [6.07, 6.45) is 0.604. The minimum atomic E-state index is -0.749. The molecule has 0 aromatic heterocycles. The average molecular weight is 183 g/mol. The molecule has 0 aliphatic heterocycles. The fourth-order valence-electron chi connectivity index (χ4n) is 0.670. The van der Waals surface area contributed by atoms with Crippen LogP contribution in [0.2, 0.25) is 0 Å². The first-order valence-electron chi connectivity index (χ1n) is 4.43. The van der Waals surface area contributed by atoms with Gasteiger partial charge < -0.3 is 10.2 Å². The Balaban J connectivity index is 4.28. The van der Waals surface area contributed by atoms with Crippen molar-refractivity contribution in [3.8, 4) is 6.07 Å². The first-order chi connectivity index (χ1) is 5.99. The first-order valence-corrected chi connectivity index (χ1v) is 4.43. The van der Waals surface area contributed by atoms with Crippen LogP contribution >= 0.6 is 0 Å². The van der Waals surface area contributed by atoms with Crippen molar-refractivity contribution in [1.82, 2.24) is 10.2 Å². The normalized spacial score (nSPS) is 14.1. The third-order valence-corrected chi connectivity index (χ3v) is 2.16. The van der Waals surface area contributed by atoms with Crippen molar-refractivity contribution < 1.29 is 4.79 Å². The highest BCUT2D eigenvalue weighted by Crippen LogP contribution is 2.07. The Labute approximate surface area is 79.5 Å². The van der Waals surface area contributed by atoms with Gasteiger partial charge in [0.05, 0.1) is 6.07 Å². The van der Waals surface area contributed by atoms with Crippen LogP contribution in [-0.2, 0) is 0 Å². The molecule has 0 saturated carbocycles. The van der Waals surface area contributed by atoms with Gasteiger partial charge in [0.25, 0.3) is 0 Å². The third-order valence-electron chi connectivity index (χ3n) is 2.16. The molecule has 0 aromatic carbocycles. The van der Waals surface area contributed by atoms with E-state index in [4.69, 9.17) is 5.26 Å². The molecule has 0 aliphatic carbocycles. The maximum absolute atomic E-state index is 11.4. The van der Waals surface area contributed by atoms with E-state index < -0.39 is 5.54 Å². The molecule has 1 unspecified atom stereocenters. The molecular weight excluding hydrogens is 166 g/mol. The van der Waals surface area contributed by atoms with Gasteiger partial charge in [0.1, 0.15) is 5.54 Å². The first kappa shape index (κ1) is 11.8. The molecule has 13 heavy (non-hydrogen) atoms. The van der Waals surface area contributed by atoms with Crippen molar-refractivity contribution in [2.75, 3.05) is 13.6 Å². The van der Waals surface area contributed by atoms with Gasteiger partial charge in [-0.25, -0.2) is 4.79 Å². The number of hydrogen-bond acceptors (Lipinski definition) is 2. The van der Waals surface area contributed by atoms with Gasteiger partial charge in [0.2, 0.25) is 0 Å². The second kappa shape index (κ2) is 4.70. The Morgan fingerprint density at radius 3 is 2.46 bits per heavy atom. The van der Waals surface area contributed by atoms with Crippen molar-refractivity contribution in [3.63, 3.8) is 0 Å². The molecule has 0 radical (unpaired) electrons. The summed E-state index contributed by atoms with van der Waals surface area (Å²) in [4.78, 5) is 12.9. The molecule has 2 amide bonds. The van der Waals surface area contributed by atoms with E-state index in [1.54, 1.807) is 14.0 Å². The van der Waals surface area contributed by atoms with Gasteiger partial charge in [-0.1, -0.05) is 6.92 Å². The van der Waals surface area contributed by atoms with Crippen molar-refractivity contribution in [3.05, 3.63) is 0 Å². The fraction of sp³-hybridized carbons (Fsp3) is 0.778. The van der Waals surface area contributed by atoms with Gasteiger partial charge in [-0.05, 0) is 20.3 Å². The van der Waals surface area contributed by atoms with Gasteiger partial charge in [0.15, 0.2) is 0 Å². The molecule has 0 bridgehead atoms. The predicted octanol–water partition coefficient (Wildman–Crippen LogP) is 1.34. The summed E-state index contributed by atoms with van der Waals surface area (Å²) in [6.45, 7) is 6.11. The van der Waals surface area contributed by atoms with Crippen LogP contribution in [0.1, 0.15) is 27.2 Å². The van der Waals surface area contributed by atoms with E-state index in [0.717, 1.165) is 0 Å². The number of nitrogens with zero attached hydrogens (tertiary/aromatic N) is 2. The Morgan fingerprint density at radius 1 is 1.62 bits per heavy atom. The maximum atomic E-state index is 11.4. The number of hydrogen-bond donors (Lipinski definition) is 1. The molecule has 0 spiro atoms. The molecule has 0 aromatic rings. The Kier molecular flexibility index (Phi) is 4.26. The quantitative estimate of drug-likeness (QED) is 0.717. The summed E-state index contributed by atoms with van der Waals surface area (Å²) >= 11 is 0. The standard InChI is InChI=1S/C9H17N3O/c1-5-9(3,7-10)11-8(13)12(4)6-2/h5-6H2,1-4H3,(H,11,13). The third kappa shape index (κ3) is 3.32. The molecule has 74 valence electrons. The summed E-state index contributed by atoms with van der Waals surface area (Å²) < 4.78 is 0. The predicted molar refractivity (Wildman–Crippen MR) is 51.1 cm³/mol. The largest absolute Gasteiger partial charge is 0.328 e. The molecule has 0 fully saturated rings. The molecule has 0 aliphatic rings. The second-order valence-electron chi connectivity index (χ2n) is 3.24. The Morgan fingerprint density at radius 2 is 2.15 bits per heavy atom. The number of rotatable bonds is 3. The smallest absolute Gasteiger partial charge is 0.318 e. The average Bonchev–Trinajstić information content (AvgIpc) is 2.16. The van der Waals surface area contributed by atoms with Crippen molar-refractivity contribution >= 4 is 6.03 Å². The number of nitrogens with one attached hydrogen (secondary N) is 1. The van der Waals surface area contributed by atoms with Crippen molar-refractivity contribution in [2.45, 2.75) is 32.7 Å². The van der Waals surface area contributed by atoms with E-state index >= 15 is 0 Å². The fourth-order valence-corrected chi connectivity index (χ4v) is 0.670. The molecule has 4 nitrogen and oxygen atoms in total. The van der Waals surface area contributed by atoms with Gasteiger partial charge in [-0.2, -0.15) is 5.26 Å². The molecule has 0 heterocycles. The lowest BCUT2D eigenvalue weighted by molar-refractivity contribution is 0.202. The minimum absolute atomic E-state index is 0.201. The number of amides is 2. The van der Waals surface area contributed by atoms with Crippen LogP contribution < -0.4 is 5.32 Å². The monoisotopic (exact) mass is 183 g/mol. The molecular formula is C9H17N3O. The molecule has 1 N–H and O–H groups in total. The van der Waals surface area contributed by atoms with E-state index in [9.17, 15) is 4.79 Å². The van der Waals surface area contributed by atoms with Crippen LogP contribution in [0.5, 0.6) is 0 Å². The summed E-state index contributed by atoms with van der Waals surface area (Å²) in [7, 11) is 1.70. The zero-order chi connectivity index (χ0) is 10.5. The van der Waals surface area contributed by atoms with E-state index in [-0.39, 0.29) is 6.03 Å². The van der Waals surface area contributed by atoms with Crippen LogP contribution in [0.4, 0.5) is 4.79 Å². The molecule has 4 heteroatoms. The zero-order valence-electron chi connectivity index (χ0n) is 8.72. The Hall–Kier alpha value is -1.24. The topological polar surface area (TPSA) is 56.1 Å². The lowest BCUT2D eigenvalue weighted by Gasteiger charge is -2.25. The second-order valence-corrected chi connectivity index (χ2v) is 3.24. The van der Waals surface area contributed by atoms with E-state index in [1.165, 1.54) is 4.90 Å². The molecule has 1 atom stereocenters. The van der Waals surface area contributed by atoms with Crippen molar-refractivity contribution in [2.24, 2.45) is 0 Å². The van der Waals surface area contributed by atoms with E-state index in [2.05, 4.69) is 11.4 Å². The van der Waals surface area contributed by atoms with Crippen LogP contribution in [0.25, 0.3) is 0 Å². The van der Waals surface area contributed by atoms with Gasteiger partial charge >= 0.3 is 6.03 Å². The SMILES string of the molecule is CCN(C)C(=O)NC(C)(C#N)CC.